The molecule has 0 aromatic heterocycles. The predicted molar refractivity (Wildman–Crippen MR) is 92.9 cm³/mol. The Morgan fingerprint density at radius 3 is 0.267 bits per heavy atom. The van der Waals surface area contributed by atoms with Crippen LogP contribution in [-0.4, -0.2) is 36.6 Å². The molecule has 0 saturated carbocycles. The summed E-state index contributed by atoms with van der Waals surface area (Å²) in [7, 11) is 0. The number of rotatable bonds is 0. The van der Waals surface area contributed by atoms with Crippen LogP contribution in [-0.2, 0) is 81.6 Å². The zero-order chi connectivity index (χ0) is 21.5. The molecule has 0 aliphatic heterocycles. The van der Waals surface area contributed by atoms with E-state index in [1.54, 1.807) is 83.1 Å². The van der Waals surface area contributed by atoms with Gasteiger partial charge in [0.2, 0.25) is 0 Å². The van der Waals surface area contributed by atoms with E-state index in [9.17, 15) is 30.6 Å². The van der Waals surface area contributed by atoms with Crippen molar-refractivity contribution >= 4 is 0 Å². The van der Waals surface area contributed by atoms with Crippen LogP contribution in [0.2, 0.25) is 0 Å². The Balaban J connectivity index is -0.0000000125. The fourth-order valence-electron chi connectivity index (χ4n) is 0. The van der Waals surface area contributed by atoms with Crippen LogP contribution in [0.25, 0.3) is 0 Å². The molecule has 30 heavy (non-hydrogen) atoms. The molecule has 0 bridgehead atoms. The van der Waals surface area contributed by atoms with Crippen molar-refractivity contribution in [2.45, 2.75) is 120 Å². The third-order valence-electron chi connectivity index (χ3n) is 0. The van der Waals surface area contributed by atoms with Gasteiger partial charge in [-0.25, -0.2) is 0 Å². The van der Waals surface area contributed by atoms with E-state index in [0.717, 1.165) is 0 Å². The molecule has 0 unspecified atom stereocenters. The summed E-state index contributed by atoms with van der Waals surface area (Å²) in [5.41, 5.74) is 0. The van der Waals surface area contributed by atoms with Crippen LogP contribution >= 0.6 is 0 Å². The smallest absolute Gasteiger partial charge is 2.00 e. The minimum absolute atomic E-state index is 0. The Morgan fingerprint density at radius 2 is 0.267 bits per heavy atom. The van der Waals surface area contributed by atoms with Crippen molar-refractivity contribution in [3.63, 3.8) is 0 Å². The average molecular weight is 546 g/mol. The van der Waals surface area contributed by atoms with Crippen molar-refractivity contribution in [3.8, 4) is 0 Å². The minimum Gasteiger partial charge on any atom is -2.00 e. The molecule has 0 N–H and O–H groups in total. The Kier molecular flexibility index (Phi) is 179. The standard InChI is InChI=1S/6C3H7O.3O.3Ti/c6*1-3(2)4;;;;;;/h6*3H,1-2H3;;;;;;/q6*-1;3*-2;3*+4. The summed E-state index contributed by atoms with van der Waals surface area (Å²) >= 11 is 0. The van der Waals surface area contributed by atoms with Gasteiger partial charge in [0, 0.05) is 0 Å². The average Bonchev–Trinajstić information content (AvgIpc) is 2.08. The summed E-state index contributed by atoms with van der Waals surface area (Å²) in [6.07, 6.45) is -2.50. The largest absolute Gasteiger partial charge is 4.00 e. The van der Waals surface area contributed by atoms with Crippen molar-refractivity contribution in [3.05, 3.63) is 0 Å². The van der Waals surface area contributed by atoms with Gasteiger partial charge in [0.1, 0.15) is 0 Å². The maximum atomic E-state index is 9.53. The predicted octanol–water partition coefficient (Wildman–Crippen LogP) is -1.83. The molecule has 0 aromatic carbocycles. The van der Waals surface area contributed by atoms with Gasteiger partial charge in [-0.2, -0.15) is 0 Å². The van der Waals surface area contributed by atoms with Gasteiger partial charge in [0.05, 0.1) is 0 Å². The molecule has 0 atom stereocenters. The molecule has 0 amide bonds. The fraction of sp³-hybridized carbons (Fsp3) is 1.00. The van der Waals surface area contributed by atoms with Gasteiger partial charge in [-0.05, 0) is 0 Å². The summed E-state index contributed by atoms with van der Waals surface area (Å²) in [5, 5.41) is 57.2. The molecule has 0 radical (unpaired) electrons. The molecule has 0 aliphatic rings. The van der Waals surface area contributed by atoms with Gasteiger partial charge in [-0.1, -0.05) is 83.1 Å². The third kappa shape index (κ3) is 7760. The molecule has 0 spiro atoms. The second-order valence-corrected chi connectivity index (χ2v) is 6.29. The van der Waals surface area contributed by atoms with Crippen molar-refractivity contribution in [2.75, 3.05) is 0 Å². The Hall–Kier alpha value is 1.78. The first-order chi connectivity index (χ1) is 10.4. The summed E-state index contributed by atoms with van der Waals surface area (Å²) in [6, 6.07) is 0. The quantitative estimate of drug-likeness (QED) is 0.317. The summed E-state index contributed by atoms with van der Waals surface area (Å²) in [4.78, 5) is 0. The molecule has 0 saturated heterocycles. The SMILES string of the molecule is CC(C)[O-].CC(C)[O-].CC(C)[O-].CC(C)[O-].CC(C)[O-].CC(C)[O-].[O-2].[O-2].[O-2].[Ti+4].[Ti+4].[Ti+4]. The topological polar surface area (TPSA) is 224 Å². The van der Waals surface area contributed by atoms with Crippen LogP contribution in [0.4, 0.5) is 0 Å². The number of hydrogen-bond acceptors (Lipinski definition) is 6. The van der Waals surface area contributed by atoms with Crippen LogP contribution in [0.5, 0.6) is 0 Å². The van der Waals surface area contributed by atoms with E-state index in [0.29, 0.717) is 0 Å². The monoisotopic (exact) mass is 546 g/mol. The fourth-order valence-corrected chi connectivity index (χ4v) is 0. The van der Waals surface area contributed by atoms with E-state index in [1.807, 2.05) is 0 Å². The first-order valence-electron chi connectivity index (χ1n) is 8.34. The maximum Gasteiger partial charge on any atom is 4.00 e. The Morgan fingerprint density at radius 1 is 0.267 bits per heavy atom. The second kappa shape index (κ2) is 69.8. The van der Waals surface area contributed by atoms with Crippen molar-refractivity contribution in [2.24, 2.45) is 0 Å². The molecule has 9 nitrogen and oxygen atoms in total. The molecule has 180 valence electrons. The van der Waals surface area contributed by atoms with Gasteiger partial charge in [0.15, 0.2) is 0 Å². The van der Waals surface area contributed by atoms with Crippen molar-refractivity contribution in [1.82, 2.24) is 0 Å². The van der Waals surface area contributed by atoms with Gasteiger partial charge < -0.3 is 47.1 Å². The third-order valence-corrected chi connectivity index (χ3v) is 0. The van der Waals surface area contributed by atoms with Crippen LogP contribution < -0.4 is 30.6 Å². The van der Waals surface area contributed by atoms with E-state index in [-0.39, 0.29) is 81.6 Å². The second-order valence-electron chi connectivity index (χ2n) is 6.29. The van der Waals surface area contributed by atoms with E-state index < -0.39 is 36.6 Å². The van der Waals surface area contributed by atoms with Gasteiger partial charge in [-0.15, -0.1) is 36.6 Å². The summed E-state index contributed by atoms with van der Waals surface area (Å²) in [5.74, 6) is 0. The number of hydrogen-bond donors (Lipinski definition) is 0. The van der Waals surface area contributed by atoms with Crippen LogP contribution in [0.15, 0.2) is 0 Å². The molecule has 0 rings (SSSR count). The molecule has 0 aliphatic carbocycles. The zero-order valence-electron chi connectivity index (χ0n) is 20.6. The Labute approximate surface area is 230 Å². The van der Waals surface area contributed by atoms with Crippen LogP contribution in [0.3, 0.4) is 0 Å². The van der Waals surface area contributed by atoms with Crippen molar-refractivity contribution < 1.29 is 112 Å². The van der Waals surface area contributed by atoms with Crippen LogP contribution in [0, 0.1) is 0 Å². The van der Waals surface area contributed by atoms with Gasteiger partial charge in [-0.3, -0.25) is 0 Å². The first-order valence-corrected chi connectivity index (χ1v) is 8.34. The normalized spacial score (nSPS) is 7.20. The van der Waals surface area contributed by atoms with E-state index >= 15 is 0 Å². The molecule has 0 aromatic rings. The van der Waals surface area contributed by atoms with Crippen LogP contribution in [0.1, 0.15) is 83.1 Å². The summed E-state index contributed by atoms with van der Waals surface area (Å²) < 4.78 is 0. The van der Waals surface area contributed by atoms with E-state index in [1.165, 1.54) is 0 Å². The maximum absolute atomic E-state index is 9.53. The molecular weight excluding hydrogens is 504 g/mol. The van der Waals surface area contributed by atoms with E-state index in [4.69, 9.17) is 0 Å². The Bertz CT molecular complexity index is 114. The van der Waals surface area contributed by atoms with E-state index in [2.05, 4.69) is 0 Å². The zero-order valence-corrected chi connectivity index (χ0v) is 25.3. The first kappa shape index (κ1) is 77.0. The van der Waals surface area contributed by atoms with Gasteiger partial charge in [0.25, 0.3) is 0 Å². The molecule has 0 fully saturated rings. The summed E-state index contributed by atoms with van der Waals surface area (Å²) in [6.45, 7) is 19.3. The van der Waals surface area contributed by atoms with Crippen molar-refractivity contribution in [1.29, 1.82) is 0 Å². The molecule has 12 heteroatoms. The van der Waals surface area contributed by atoms with Gasteiger partial charge >= 0.3 is 65.2 Å². The minimum atomic E-state index is -0.417. The molecule has 0 heterocycles. The molecular formula is C18H42O9Ti3.